The lowest BCUT2D eigenvalue weighted by molar-refractivity contribution is -0.127. The van der Waals surface area contributed by atoms with Crippen molar-refractivity contribution in [3.63, 3.8) is 0 Å². The molecule has 1 amide bonds. The number of hydrogen-bond acceptors (Lipinski definition) is 4. The van der Waals surface area contributed by atoms with Gasteiger partial charge in [-0.2, -0.15) is 11.8 Å². The zero-order chi connectivity index (χ0) is 11.5. The van der Waals surface area contributed by atoms with Gasteiger partial charge in [0.15, 0.2) is 0 Å². The van der Waals surface area contributed by atoms with Crippen LogP contribution in [-0.2, 0) is 4.79 Å². The number of thioether (sulfide) groups is 1. The molecule has 2 aliphatic heterocycles. The van der Waals surface area contributed by atoms with E-state index in [1.807, 2.05) is 11.8 Å². The summed E-state index contributed by atoms with van der Waals surface area (Å²) in [4.78, 5) is 14.2. The van der Waals surface area contributed by atoms with Gasteiger partial charge in [-0.25, -0.2) is 0 Å². The molecular formula is C11H21N3OS. The SMILES string of the molecule is CNC(=O)C1CNCCN1C1CCSC1C. The van der Waals surface area contributed by atoms with E-state index in [0.29, 0.717) is 11.3 Å². The molecule has 0 aromatic carbocycles. The van der Waals surface area contributed by atoms with Crippen LogP contribution in [0.3, 0.4) is 0 Å². The molecule has 3 unspecified atom stereocenters. The van der Waals surface area contributed by atoms with Gasteiger partial charge in [0.2, 0.25) is 5.91 Å². The third-order valence-corrected chi connectivity index (χ3v) is 4.91. The van der Waals surface area contributed by atoms with Gasteiger partial charge in [0.1, 0.15) is 6.04 Å². The molecule has 0 saturated carbocycles. The van der Waals surface area contributed by atoms with Gasteiger partial charge in [-0.15, -0.1) is 0 Å². The first-order valence-electron chi connectivity index (χ1n) is 6.03. The summed E-state index contributed by atoms with van der Waals surface area (Å²) in [7, 11) is 1.72. The molecule has 2 saturated heterocycles. The van der Waals surface area contributed by atoms with Crippen molar-refractivity contribution >= 4 is 17.7 Å². The first-order chi connectivity index (χ1) is 7.74. The van der Waals surface area contributed by atoms with E-state index >= 15 is 0 Å². The van der Waals surface area contributed by atoms with Crippen LogP contribution in [0, 0.1) is 0 Å². The van der Waals surface area contributed by atoms with Crippen molar-refractivity contribution in [2.45, 2.75) is 30.7 Å². The average Bonchev–Trinajstić information content (AvgIpc) is 2.74. The zero-order valence-electron chi connectivity index (χ0n) is 10.0. The van der Waals surface area contributed by atoms with Crippen molar-refractivity contribution in [1.29, 1.82) is 0 Å². The summed E-state index contributed by atoms with van der Waals surface area (Å²) in [5, 5.41) is 6.74. The second-order valence-corrected chi connectivity index (χ2v) is 5.99. The normalized spacial score (nSPS) is 36.2. The van der Waals surface area contributed by atoms with Gasteiger partial charge in [-0.05, 0) is 12.2 Å². The molecule has 2 heterocycles. The first-order valence-corrected chi connectivity index (χ1v) is 7.08. The number of carbonyl (C=O) groups excluding carboxylic acids is 1. The fraction of sp³-hybridized carbons (Fsp3) is 0.909. The van der Waals surface area contributed by atoms with E-state index in [1.54, 1.807) is 7.05 Å². The highest BCUT2D eigenvalue weighted by Gasteiger charge is 2.37. The highest BCUT2D eigenvalue weighted by atomic mass is 32.2. The number of nitrogens with zero attached hydrogens (tertiary/aromatic N) is 1. The maximum atomic E-state index is 11.8. The number of rotatable bonds is 2. The third-order valence-electron chi connectivity index (χ3n) is 3.60. The second kappa shape index (κ2) is 5.38. The molecule has 0 aromatic rings. The molecule has 2 aliphatic rings. The van der Waals surface area contributed by atoms with Gasteiger partial charge >= 0.3 is 0 Å². The number of carbonyl (C=O) groups is 1. The maximum Gasteiger partial charge on any atom is 0.238 e. The van der Waals surface area contributed by atoms with Crippen molar-refractivity contribution < 1.29 is 4.79 Å². The largest absolute Gasteiger partial charge is 0.358 e. The van der Waals surface area contributed by atoms with E-state index in [0.717, 1.165) is 19.6 Å². The summed E-state index contributed by atoms with van der Waals surface area (Å²) >= 11 is 2.03. The summed E-state index contributed by atoms with van der Waals surface area (Å²) < 4.78 is 0. The topological polar surface area (TPSA) is 44.4 Å². The van der Waals surface area contributed by atoms with E-state index < -0.39 is 0 Å². The summed E-state index contributed by atoms with van der Waals surface area (Å²) in [6.45, 7) is 5.06. The smallest absolute Gasteiger partial charge is 0.238 e. The molecule has 2 rings (SSSR count). The Morgan fingerprint density at radius 2 is 2.38 bits per heavy atom. The Kier molecular flexibility index (Phi) is 4.10. The lowest BCUT2D eigenvalue weighted by Gasteiger charge is -2.40. The number of amides is 1. The molecule has 2 fully saturated rings. The Bertz CT molecular complexity index is 262. The predicted molar refractivity (Wildman–Crippen MR) is 67.8 cm³/mol. The van der Waals surface area contributed by atoms with Gasteiger partial charge in [0.25, 0.3) is 0 Å². The molecule has 0 spiro atoms. The highest BCUT2D eigenvalue weighted by Crippen LogP contribution is 2.31. The zero-order valence-corrected chi connectivity index (χ0v) is 10.8. The standard InChI is InChI=1S/C11H21N3OS/c1-8-9(3-6-16-8)14-5-4-13-7-10(14)11(15)12-2/h8-10,13H,3-7H2,1-2H3,(H,12,15). The van der Waals surface area contributed by atoms with E-state index in [4.69, 9.17) is 0 Å². The molecule has 3 atom stereocenters. The monoisotopic (exact) mass is 243 g/mol. The van der Waals surface area contributed by atoms with Gasteiger partial charge in [0.05, 0.1) is 0 Å². The van der Waals surface area contributed by atoms with Crippen LogP contribution in [0.2, 0.25) is 0 Å². The molecule has 5 heteroatoms. The molecule has 92 valence electrons. The van der Waals surface area contributed by atoms with Crippen molar-refractivity contribution in [2.24, 2.45) is 0 Å². The Morgan fingerprint density at radius 1 is 1.56 bits per heavy atom. The second-order valence-electron chi connectivity index (χ2n) is 4.50. The predicted octanol–water partition coefficient (Wildman–Crippen LogP) is -0.0998. The average molecular weight is 243 g/mol. The Morgan fingerprint density at radius 3 is 3.00 bits per heavy atom. The molecule has 2 N–H and O–H groups in total. The summed E-state index contributed by atoms with van der Waals surface area (Å²) in [6.07, 6.45) is 1.22. The molecule has 0 aromatic heterocycles. The minimum atomic E-state index is 0.0184. The fourth-order valence-electron chi connectivity index (χ4n) is 2.68. The Hall–Kier alpha value is -0.260. The van der Waals surface area contributed by atoms with Crippen LogP contribution in [0.4, 0.5) is 0 Å². The lowest BCUT2D eigenvalue weighted by atomic mass is 10.0. The summed E-state index contributed by atoms with van der Waals surface area (Å²) in [6, 6.07) is 0.597. The van der Waals surface area contributed by atoms with E-state index in [9.17, 15) is 4.79 Å². The molecule has 0 aliphatic carbocycles. The van der Waals surface area contributed by atoms with E-state index in [2.05, 4.69) is 22.5 Å². The number of nitrogens with one attached hydrogen (secondary N) is 2. The van der Waals surface area contributed by atoms with Crippen molar-refractivity contribution in [3.05, 3.63) is 0 Å². The third kappa shape index (κ3) is 2.36. The van der Waals surface area contributed by atoms with Gasteiger partial charge < -0.3 is 10.6 Å². The van der Waals surface area contributed by atoms with Crippen LogP contribution >= 0.6 is 11.8 Å². The summed E-state index contributed by atoms with van der Waals surface area (Å²) in [5.74, 6) is 1.38. The first kappa shape index (κ1) is 12.2. The quantitative estimate of drug-likeness (QED) is 0.711. The molecular weight excluding hydrogens is 222 g/mol. The van der Waals surface area contributed by atoms with Crippen LogP contribution in [0.5, 0.6) is 0 Å². The number of likely N-dealkylation sites (N-methyl/N-ethyl adjacent to an activating group) is 1. The fourth-order valence-corrected chi connectivity index (χ4v) is 3.95. The Labute approximate surface area is 102 Å². The van der Waals surface area contributed by atoms with Crippen LogP contribution in [0.1, 0.15) is 13.3 Å². The van der Waals surface area contributed by atoms with Crippen molar-refractivity contribution in [1.82, 2.24) is 15.5 Å². The number of hydrogen-bond donors (Lipinski definition) is 2. The van der Waals surface area contributed by atoms with E-state index in [-0.39, 0.29) is 11.9 Å². The van der Waals surface area contributed by atoms with Crippen LogP contribution in [-0.4, -0.2) is 60.6 Å². The Balaban J connectivity index is 2.06. The molecule has 16 heavy (non-hydrogen) atoms. The van der Waals surface area contributed by atoms with Crippen LogP contribution in [0.25, 0.3) is 0 Å². The summed E-state index contributed by atoms with van der Waals surface area (Å²) in [5.41, 5.74) is 0. The van der Waals surface area contributed by atoms with Crippen LogP contribution in [0.15, 0.2) is 0 Å². The van der Waals surface area contributed by atoms with Crippen molar-refractivity contribution in [3.8, 4) is 0 Å². The minimum absolute atomic E-state index is 0.0184. The molecule has 0 radical (unpaired) electrons. The van der Waals surface area contributed by atoms with E-state index in [1.165, 1.54) is 12.2 Å². The van der Waals surface area contributed by atoms with Gasteiger partial charge in [0, 0.05) is 38.0 Å². The van der Waals surface area contributed by atoms with Gasteiger partial charge in [-0.3, -0.25) is 9.69 Å². The number of piperazine rings is 1. The molecule has 0 bridgehead atoms. The van der Waals surface area contributed by atoms with Gasteiger partial charge in [-0.1, -0.05) is 6.92 Å². The minimum Gasteiger partial charge on any atom is -0.358 e. The van der Waals surface area contributed by atoms with Crippen molar-refractivity contribution in [2.75, 3.05) is 32.4 Å². The highest BCUT2D eigenvalue weighted by molar-refractivity contribution is 8.00. The van der Waals surface area contributed by atoms with Crippen LogP contribution < -0.4 is 10.6 Å². The molecule has 4 nitrogen and oxygen atoms in total. The lowest BCUT2D eigenvalue weighted by Crippen LogP contribution is -2.61. The maximum absolute atomic E-state index is 11.8.